The molecule has 2 aliphatic rings. The summed E-state index contributed by atoms with van der Waals surface area (Å²) in [7, 11) is 0. The Morgan fingerprint density at radius 3 is 3.05 bits per heavy atom. The minimum Gasteiger partial charge on any atom is -0.481 e. The highest BCUT2D eigenvalue weighted by atomic mass is 32.1. The summed E-state index contributed by atoms with van der Waals surface area (Å²) in [4.78, 5) is 26.6. The smallest absolute Gasteiger partial charge is 0.317 e. The summed E-state index contributed by atoms with van der Waals surface area (Å²) in [6.07, 6.45) is 3.66. The van der Waals surface area contributed by atoms with Crippen LogP contribution in [0.3, 0.4) is 0 Å². The number of carbonyl (C=O) groups is 2. The van der Waals surface area contributed by atoms with Crippen molar-refractivity contribution in [3.63, 3.8) is 0 Å². The minimum atomic E-state index is -0.824. The van der Waals surface area contributed by atoms with E-state index in [4.69, 9.17) is 0 Å². The summed E-state index contributed by atoms with van der Waals surface area (Å²) < 4.78 is 0. The summed E-state index contributed by atoms with van der Waals surface area (Å²) in [5, 5.41) is 14.4. The summed E-state index contributed by atoms with van der Waals surface area (Å²) in [5.41, 5.74) is 0.428. The largest absolute Gasteiger partial charge is 0.481 e. The molecular weight excluding hydrogens is 288 g/mol. The second-order valence-corrected chi connectivity index (χ2v) is 7.23. The zero-order valence-electron chi connectivity index (χ0n) is 12.1. The number of carbonyl (C=O) groups excluding carboxylic acids is 1. The Hall–Kier alpha value is -1.56. The molecule has 1 aromatic heterocycles. The van der Waals surface area contributed by atoms with E-state index in [1.807, 2.05) is 0 Å². The maximum Gasteiger partial charge on any atom is 0.317 e. The van der Waals surface area contributed by atoms with Gasteiger partial charge in [0.1, 0.15) is 0 Å². The third-order valence-corrected chi connectivity index (χ3v) is 5.62. The number of rotatable bonds is 2. The van der Waals surface area contributed by atoms with Crippen molar-refractivity contribution in [1.29, 1.82) is 0 Å². The van der Waals surface area contributed by atoms with Gasteiger partial charge in [0.2, 0.25) is 0 Å². The van der Waals surface area contributed by atoms with Crippen LogP contribution in [0.1, 0.15) is 42.7 Å². The summed E-state index contributed by atoms with van der Waals surface area (Å²) in [5.74, 6) is -0.824. The first-order valence-electron chi connectivity index (χ1n) is 7.35. The summed E-state index contributed by atoms with van der Waals surface area (Å²) >= 11 is 1.75. The van der Waals surface area contributed by atoms with Crippen LogP contribution in [0.5, 0.6) is 0 Å². The van der Waals surface area contributed by atoms with Crippen LogP contribution in [0.4, 0.5) is 4.79 Å². The van der Waals surface area contributed by atoms with Gasteiger partial charge >= 0.3 is 12.0 Å². The standard InChI is InChI=1S/C15H20N2O3S/c1-15(13(18)19)6-7-17(9-15)14(20)16-11-3-2-4-12-10(11)5-8-21-12/h5,8,11H,2-4,6-7,9H2,1H3,(H,16,20)(H,18,19). The number of nitrogens with zero attached hydrogens (tertiary/aromatic N) is 1. The highest BCUT2D eigenvalue weighted by molar-refractivity contribution is 7.10. The fourth-order valence-corrected chi connectivity index (χ4v) is 4.17. The van der Waals surface area contributed by atoms with Gasteiger partial charge in [0.25, 0.3) is 0 Å². The SMILES string of the molecule is CC1(C(=O)O)CCN(C(=O)NC2CCCc3sccc32)C1. The predicted molar refractivity (Wildman–Crippen MR) is 80.5 cm³/mol. The van der Waals surface area contributed by atoms with Gasteiger partial charge in [-0.3, -0.25) is 4.79 Å². The van der Waals surface area contributed by atoms with Crippen molar-refractivity contribution >= 4 is 23.3 Å². The first-order valence-corrected chi connectivity index (χ1v) is 8.23. The van der Waals surface area contributed by atoms with Crippen molar-refractivity contribution in [3.8, 4) is 0 Å². The van der Waals surface area contributed by atoms with Crippen LogP contribution < -0.4 is 5.32 Å². The molecule has 0 radical (unpaired) electrons. The van der Waals surface area contributed by atoms with Crippen LogP contribution in [-0.2, 0) is 11.2 Å². The van der Waals surface area contributed by atoms with Crippen LogP contribution in [0, 0.1) is 5.41 Å². The van der Waals surface area contributed by atoms with E-state index >= 15 is 0 Å². The number of carboxylic acid groups (broad SMARTS) is 1. The average molecular weight is 308 g/mol. The number of urea groups is 1. The van der Waals surface area contributed by atoms with E-state index in [1.54, 1.807) is 23.2 Å². The molecule has 114 valence electrons. The first-order chi connectivity index (χ1) is 9.99. The summed E-state index contributed by atoms with van der Waals surface area (Å²) in [6, 6.07) is 2.03. The second-order valence-electron chi connectivity index (χ2n) is 6.23. The normalized spacial score (nSPS) is 28.2. The maximum absolute atomic E-state index is 12.4. The third-order valence-electron chi connectivity index (χ3n) is 4.63. The zero-order valence-corrected chi connectivity index (χ0v) is 12.9. The van der Waals surface area contributed by atoms with Crippen molar-refractivity contribution in [2.24, 2.45) is 5.41 Å². The molecule has 1 fully saturated rings. The molecular formula is C15H20N2O3S. The van der Waals surface area contributed by atoms with Gasteiger partial charge < -0.3 is 15.3 Å². The van der Waals surface area contributed by atoms with Crippen LogP contribution in [-0.4, -0.2) is 35.1 Å². The number of aliphatic carboxylic acids is 1. The topological polar surface area (TPSA) is 69.6 Å². The maximum atomic E-state index is 12.4. The lowest BCUT2D eigenvalue weighted by Crippen LogP contribution is -2.42. The van der Waals surface area contributed by atoms with Gasteiger partial charge in [-0.1, -0.05) is 0 Å². The molecule has 5 nitrogen and oxygen atoms in total. The molecule has 1 aliphatic heterocycles. The fourth-order valence-electron chi connectivity index (χ4n) is 3.19. The molecule has 0 spiro atoms. The van der Waals surface area contributed by atoms with E-state index in [0.717, 1.165) is 19.3 Å². The lowest BCUT2D eigenvalue weighted by molar-refractivity contribution is -0.146. The molecule has 2 amide bonds. The van der Waals surface area contributed by atoms with Crippen molar-refractivity contribution in [1.82, 2.24) is 10.2 Å². The Balaban J connectivity index is 1.65. The number of aryl methyl sites for hydroxylation is 1. The Labute approximate surface area is 128 Å². The van der Waals surface area contributed by atoms with Crippen molar-refractivity contribution < 1.29 is 14.7 Å². The van der Waals surface area contributed by atoms with Gasteiger partial charge in [0, 0.05) is 18.0 Å². The lowest BCUT2D eigenvalue weighted by atomic mass is 9.90. The highest BCUT2D eigenvalue weighted by Gasteiger charge is 2.42. The van der Waals surface area contributed by atoms with Crippen LogP contribution in [0.15, 0.2) is 11.4 Å². The first kappa shape index (κ1) is 14.4. The van der Waals surface area contributed by atoms with Crippen LogP contribution in [0.2, 0.25) is 0 Å². The zero-order chi connectivity index (χ0) is 15.0. The average Bonchev–Trinajstić information content (AvgIpc) is 3.06. The molecule has 2 atom stereocenters. The number of hydrogen-bond acceptors (Lipinski definition) is 3. The van der Waals surface area contributed by atoms with Crippen molar-refractivity contribution in [2.45, 2.75) is 38.6 Å². The number of thiophene rings is 1. The van der Waals surface area contributed by atoms with Gasteiger partial charge in [-0.2, -0.15) is 0 Å². The Bertz CT molecular complexity index is 571. The molecule has 2 unspecified atom stereocenters. The number of nitrogens with one attached hydrogen (secondary N) is 1. The van der Waals surface area contributed by atoms with Crippen LogP contribution >= 0.6 is 11.3 Å². The lowest BCUT2D eigenvalue weighted by Gasteiger charge is -2.27. The molecule has 21 heavy (non-hydrogen) atoms. The number of hydrogen-bond donors (Lipinski definition) is 2. The van der Waals surface area contributed by atoms with Gasteiger partial charge in [-0.15, -0.1) is 11.3 Å². The monoisotopic (exact) mass is 308 g/mol. The molecule has 3 rings (SSSR count). The van der Waals surface area contributed by atoms with E-state index in [0.29, 0.717) is 13.0 Å². The Morgan fingerprint density at radius 1 is 1.52 bits per heavy atom. The van der Waals surface area contributed by atoms with Crippen LogP contribution in [0.25, 0.3) is 0 Å². The second kappa shape index (κ2) is 5.33. The van der Waals surface area contributed by atoms with Gasteiger partial charge in [-0.05, 0) is 49.6 Å². The molecule has 0 bridgehead atoms. The molecule has 2 heterocycles. The highest BCUT2D eigenvalue weighted by Crippen LogP contribution is 2.34. The van der Waals surface area contributed by atoms with E-state index < -0.39 is 11.4 Å². The van der Waals surface area contributed by atoms with E-state index in [1.165, 1.54) is 10.4 Å². The van der Waals surface area contributed by atoms with E-state index in [-0.39, 0.29) is 18.6 Å². The molecule has 0 aromatic carbocycles. The molecule has 0 saturated carbocycles. The van der Waals surface area contributed by atoms with Gasteiger partial charge in [0.05, 0.1) is 11.5 Å². The number of fused-ring (bicyclic) bond motifs is 1. The van der Waals surface area contributed by atoms with E-state index in [9.17, 15) is 14.7 Å². The van der Waals surface area contributed by atoms with E-state index in [2.05, 4.69) is 16.8 Å². The number of carboxylic acids is 1. The van der Waals surface area contributed by atoms with Gasteiger partial charge in [0.15, 0.2) is 0 Å². The fraction of sp³-hybridized carbons (Fsp3) is 0.600. The van der Waals surface area contributed by atoms with Crippen molar-refractivity contribution in [2.75, 3.05) is 13.1 Å². The third kappa shape index (κ3) is 2.64. The quantitative estimate of drug-likeness (QED) is 0.882. The minimum absolute atomic E-state index is 0.0733. The molecule has 1 aromatic rings. The Kier molecular flexibility index (Phi) is 3.65. The molecule has 2 N–H and O–H groups in total. The van der Waals surface area contributed by atoms with Crippen molar-refractivity contribution in [3.05, 3.63) is 21.9 Å². The Morgan fingerprint density at radius 2 is 2.33 bits per heavy atom. The predicted octanol–water partition coefficient (Wildman–Crippen LogP) is 2.63. The summed E-state index contributed by atoms with van der Waals surface area (Å²) in [6.45, 7) is 2.51. The number of amides is 2. The molecule has 6 heteroatoms. The molecule has 1 saturated heterocycles. The molecule has 1 aliphatic carbocycles. The number of likely N-dealkylation sites (tertiary alicyclic amines) is 1. The van der Waals surface area contributed by atoms with Gasteiger partial charge in [-0.25, -0.2) is 4.79 Å².